The summed E-state index contributed by atoms with van der Waals surface area (Å²) in [7, 11) is -3.93. The van der Waals surface area contributed by atoms with E-state index in [1.54, 1.807) is 11.8 Å². The quantitative estimate of drug-likeness (QED) is 0.325. The molecule has 8 rings (SSSR count). The van der Waals surface area contributed by atoms with Crippen LogP contribution in [0.15, 0.2) is 36.4 Å². The molecule has 298 valence electrons. The Kier molecular flexibility index (Phi) is 10.3. The number of alkyl carbamates (subject to hydrolysis) is 1. The van der Waals surface area contributed by atoms with Gasteiger partial charge in [-0.25, -0.2) is 18.2 Å². The van der Waals surface area contributed by atoms with Gasteiger partial charge in [0.25, 0.3) is 0 Å². The zero-order valence-electron chi connectivity index (χ0n) is 31.5. The van der Waals surface area contributed by atoms with E-state index in [9.17, 15) is 27.6 Å². The number of nitrogens with one attached hydrogen (secondary N) is 2. The van der Waals surface area contributed by atoms with Gasteiger partial charge in [0.15, 0.2) is 5.78 Å². The number of sulfonamides is 1. The topological polar surface area (TPSA) is 161 Å². The molecule has 1 saturated heterocycles. The smallest absolute Gasteiger partial charge is 0.408 e. The van der Waals surface area contributed by atoms with E-state index in [1.165, 1.54) is 0 Å². The van der Waals surface area contributed by atoms with Crippen LogP contribution in [0.4, 0.5) is 4.79 Å². The van der Waals surface area contributed by atoms with Crippen molar-refractivity contribution >= 4 is 44.6 Å². The highest BCUT2D eigenvalue weighted by atomic mass is 32.2. The second kappa shape index (κ2) is 14.5. The van der Waals surface area contributed by atoms with Crippen molar-refractivity contribution in [3.8, 4) is 5.75 Å². The number of ether oxygens (including phenoxy) is 2. The highest BCUT2D eigenvalue weighted by molar-refractivity contribution is 7.91. The third-order valence-corrected chi connectivity index (χ3v) is 15.3. The van der Waals surface area contributed by atoms with E-state index in [2.05, 4.69) is 10.0 Å². The number of carbonyl (C=O) groups excluding carboxylic acids is 4. The van der Waals surface area contributed by atoms with E-state index < -0.39 is 49.9 Å². The predicted molar refractivity (Wildman–Crippen MR) is 208 cm³/mol. The molecule has 4 fully saturated rings. The van der Waals surface area contributed by atoms with Crippen LogP contribution >= 0.6 is 0 Å². The van der Waals surface area contributed by atoms with E-state index in [-0.39, 0.29) is 50.5 Å². The van der Waals surface area contributed by atoms with Gasteiger partial charge in [0, 0.05) is 23.8 Å². The first-order chi connectivity index (χ1) is 25.7. The number of allylic oxidation sites excluding steroid dienone is 2. The van der Waals surface area contributed by atoms with Crippen molar-refractivity contribution in [3.05, 3.63) is 47.7 Å². The number of Topliss-reactive ketones (excluding diaryl/α,β-unsaturated/α-hetero) is 1. The SMILES string of the molecule is C.Cc1nc2ccccc2c2c1O[C@]1(CC2)C[C@H]2C(=O)C[C@]3(C(=O)NS(=O)(=O)C4(C)CC4)C[C@H]3/C=C\CCCCC[C@H](NC(=O)OC(C)C3CC3)C(=O)N2C1. The van der Waals surface area contributed by atoms with Gasteiger partial charge in [0.1, 0.15) is 23.5 Å². The Hall–Kier alpha value is -4.00. The summed E-state index contributed by atoms with van der Waals surface area (Å²) in [6, 6.07) is 6.06. The maximum Gasteiger partial charge on any atom is 0.408 e. The first-order valence-electron chi connectivity index (χ1n) is 19.8. The van der Waals surface area contributed by atoms with Crippen LogP contribution < -0.4 is 14.8 Å². The van der Waals surface area contributed by atoms with Crippen LogP contribution in [-0.2, 0) is 35.6 Å². The van der Waals surface area contributed by atoms with Crippen molar-refractivity contribution < 1.29 is 37.1 Å². The van der Waals surface area contributed by atoms with E-state index in [0.717, 1.165) is 54.3 Å². The molecule has 1 unspecified atom stereocenters. The first kappa shape index (κ1) is 39.2. The minimum atomic E-state index is -3.93. The fourth-order valence-corrected chi connectivity index (χ4v) is 10.3. The summed E-state index contributed by atoms with van der Waals surface area (Å²) < 4.78 is 40.4. The van der Waals surface area contributed by atoms with Crippen molar-refractivity contribution in [2.75, 3.05) is 6.54 Å². The van der Waals surface area contributed by atoms with Crippen molar-refractivity contribution in [1.29, 1.82) is 0 Å². The average molecular weight is 777 g/mol. The lowest BCUT2D eigenvalue weighted by Gasteiger charge is -2.36. The Bertz CT molecular complexity index is 2030. The fraction of sp³-hybridized carbons (Fsp3) is 0.643. The molecule has 1 aromatic heterocycles. The van der Waals surface area contributed by atoms with Crippen LogP contribution in [0.25, 0.3) is 10.9 Å². The van der Waals surface area contributed by atoms with Crippen molar-refractivity contribution in [2.24, 2.45) is 17.3 Å². The number of fused-ring (bicyclic) bond motifs is 5. The molecule has 3 aliphatic heterocycles. The number of carbonyl (C=O) groups is 4. The van der Waals surface area contributed by atoms with Gasteiger partial charge in [-0.2, -0.15) is 0 Å². The lowest BCUT2D eigenvalue weighted by Crippen LogP contribution is -2.53. The molecule has 12 nitrogen and oxygen atoms in total. The monoisotopic (exact) mass is 776 g/mol. The number of amides is 3. The highest BCUT2D eigenvalue weighted by Gasteiger charge is 2.63. The molecule has 3 aliphatic carbocycles. The summed E-state index contributed by atoms with van der Waals surface area (Å²) >= 11 is 0. The second-order valence-corrected chi connectivity index (χ2v) is 19.4. The van der Waals surface area contributed by atoms with E-state index in [4.69, 9.17) is 14.5 Å². The molecule has 3 saturated carbocycles. The molecule has 1 spiro atoms. The van der Waals surface area contributed by atoms with Gasteiger partial charge in [-0.05, 0) is 103 Å². The maximum absolute atomic E-state index is 14.8. The molecule has 4 heterocycles. The van der Waals surface area contributed by atoms with E-state index >= 15 is 0 Å². The molecule has 55 heavy (non-hydrogen) atoms. The average Bonchev–Trinajstić information content (AvgIpc) is 4.06. The van der Waals surface area contributed by atoms with Gasteiger partial charge in [-0.1, -0.05) is 50.6 Å². The van der Waals surface area contributed by atoms with Crippen LogP contribution in [0.3, 0.4) is 0 Å². The normalized spacial score (nSPS) is 31.3. The Balaban J connectivity index is 0.00000465. The second-order valence-electron chi connectivity index (χ2n) is 17.2. The fourth-order valence-electron chi connectivity index (χ4n) is 8.99. The summed E-state index contributed by atoms with van der Waals surface area (Å²) in [5.41, 5.74) is 0.509. The van der Waals surface area contributed by atoms with Gasteiger partial charge < -0.3 is 19.7 Å². The Morgan fingerprint density at radius 2 is 1.82 bits per heavy atom. The molecule has 6 aliphatic rings. The highest BCUT2D eigenvalue weighted by Crippen LogP contribution is 2.58. The van der Waals surface area contributed by atoms with Crippen molar-refractivity contribution in [3.63, 3.8) is 0 Å². The van der Waals surface area contributed by atoms with Gasteiger partial charge in [-0.15, -0.1) is 0 Å². The number of hydrogen-bond acceptors (Lipinski definition) is 9. The lowest BCUT2D eigenvalue weighted by molar-refractivity contribution is -0.140. The van der Waals surface area contributed by atoms with Gasteiger partial charge in [0.05, 0.1) is 34.0 Å². The molecule has 13 heteroatoms. The van der Waals surface area contributed by atoms with Crippen LogP contribution in [0, 0.1) is 24.2 Å². The number of aromatic nitrogens is 1. The van der Waals surface area contributed by atoms with Gasteiger partial charge in [0.2, 0.25) is 21.8 Å². The summed E-state index contributed by atoms with van der Waals surface area (Å²) in [6.45, 7) is 5.52. The maximum atomic E-state index is 14.8. The molecule has 1 aromatic carbocycles. The van der Waals surface area contributed by atoms with Crippen LogP contribution in [0.2, 0.25) is 0 Å². The van der Waals surface area contributed by atoms with Crippen LogP contribution in [0.5, 0.6) is 5.75 Å². The third-order valence-electron chi connectivity index (χ3n) is 13.1. The number of nitrogens with zero attached hydrogens (tertiary/aromatic N) is 2. The summed E-state index contributed by atoms with van der Waals surface area (Å²) in [6.07, 6.45) is 11.0. The Morgan fingerprint density at radius 3 is 2.56 bits per heavy atom. The minimum absolute atomic E-state index is 0. The first-order valence-corrected chi connectivity index (χ1v) is 21.3. The Morgan fingerprint density at radius 1 is 1.05 bits per heavy atom. The van der Waals surface area contributed by atoms with Gasteiger partial charge in [-0.3, -0.25) is 19.1 Å². The molecular formula is C42H56N4O8S. The van der Waals surface area contributed by atoms with Crippen molar-refractivity contribution in [2.45, 2.75) is 147 Å². The van der Waals surface area contributed by atoms with Crippen LogP contribution in [0.1, 0.15) is 116 Å². The van der Waals surface area contributed by atoms with Gasteiger partial charge >= 0.3 is 6.09 Å². The largest absolute Gasteiger partial charge is 0.483 e. The number of benzene rings is 1. The number of para-hydroxylation sites is 1. The standard InChI is InChI=1S/C41H52N4O8S.CH4/c1-25-35-30(29-12-9-10-13-31(29)42-25)17-18-40(53-35)22-33-34(46)23-41(37(48)44-54(50,51)39(3)19-20-39)21-28(41)11-7-5-4-6-8-14-32(36(47)45(33)24-40)43-38(49)52-26(2)27-15-16-27;/h7,9-13,26-28,32-33H,4-6,8,14-24H2,1-3H3,(H,43,49)(H,44,48);1H4/b11-7-;/t26?,28-,32+,33+,40-,41-;/m1./s1. The number of pyridine rings is 1. The van der Waals surface area contributed by atoms with E-state index in [1.807, 2.05) is 50.3 Å². The molecule has 0 bridgehead atoms. The molecule has 0 radical (unpaired) electrons. The van der Waals surface area contributed by atoms with E-state index in [0.29, 0.717) is 56.6 Å². The number of hydrogen-bond donors (Lipinski definition) is 2. The number of aryl methyl sites for hydroxylation is 2. The number of rotatable bonds is 6. The molecule has 2 N–H and O–H groups in total. The van der Waals surface area contributed by atoms with Crippen molar-refractivity contribution in [1.82, 2.24) is 19.9 Å². The minimum Gasteiger partial charge on any atom is -0.483 e. The summed E-state index contributed by atoms with van der Waals surface area (Å²) in [4.78, 5) is 63.1. The molecule has 2 aromatic rings. The van der Waals surface area contributed by atoms with Crippen LogP contribution in [-0.4, -0.2) is 77.1 Å². The number of ketones is 1. The molecule has 6 atom stereocenters. The Labute approximate surface area is 324 Å². The zero-order valence-corrected chi connectivity index (χ0v) is 32.3. The lowest BCUT2D eigenvalue weighted by atomic mass is 9.85. The summed E-state index contributed by atoms with van der Waals surface area (Å²) in [5.74, 6) is -0.665. The molecule has 3 amide bonds. The third kappa shape index (κ3) is 7.49. The summed E-state index contributed by atoms with van der Waals surface area (Å²) in [5, 5.41) is 3.87. The molecular weight excluding hydrogens is 721 g/mol. The zero-order chi connectivity index (χ0) is 38.0. The predicted octanol–water partition coefficient (Wildman–Crippen LogP) is 6.22.